The summed E-state index contributed by atoms with van der Waals surface area (Å²) in [5.74, 6) is 0.0646. The van der Waals surface area contributed by atoms with Crippen LogP contribution in [0.15, 0.2) is 29.0 Å². The van der Waals surface area contributed by atoms with Crippen LogP contribution in [0.25, 0.3) is 0 Å². The number of carbonyl (C=O) groups is 1. The van der Waals surface area contributed by atoms with Gasteiger partial charge < -0.3 is 10.1 Å². The molecule has 0 radical (unpaired) electrons. The third kappa shape index (κ3) is 3.83. The summed E-state index contributed by atoms with van der Waals surface area (Å²) < 4.78 is 5.09. The lowest BCUT2D eigenvalue weighted by molar-refractivity contribution is -0.123. The van der Waals surface area contributed by atoms with Gasteiger partial charge in [-0.2, -0.15) is 0 Å². The van der Waals surface area contributed by atoms with Crippen molar-refractivity contribution in [3.63, 3.8) is 0 Å². The first kappa shape index (κ1) is 16.6. The predicted octanol–water partition coefficient (Wildman–Crippen LogP) is 2.91. The minimum Gasteiger partial charge on any atom is -0.383 e. The quantitative estimate of drug-likeness (QED) is 0.871. The number of nitrogens with zero attached hydrogens (tertiary/aromatic N) is 1. The number of ether oxygens (including phenoxy) is 1. The highest BCUT2D eigenvalue weighted by atomic mass is 32.1. The third-order valence-corrected chi connectivity index (χ3v) is 5.97. The molecular formula is C17H22N2O2S2. The second kappa shape index (κ2) is 7.57. The molecule has 2 aromatic heterocycles. The molecule has 4 nitrogen and oxygen atoms in total. The summed E-state index contributed by atoms with van der Waals surface area (Å²) in [5.41, 5.74) is 1.36. The van der Waals surface area contributed by atoms with Crippen LogP contribution in [-0.4, -0.2) is 43.7 Å². The van der Waals surface area contributed by atoms with E-state index in [1.165, 1.54) is 15.3 Å². The average Bonchev–Trinajstić information content (AvgIpc) is 3.18. The second-order valence-corrected chi connectivity index (χ2v) is 7.84. The zero-order valence-electron chi connectivity index (χ0n) is 13.5. The van der Waals surface area contributed by atoms with Gasteiger partial charge in [-0.05, 0) is 41.8 Å². The molecule has 2 aromatic rings. The maximum absolute atomic E-state index is 12.4. The van der Waals surface area contributed by atoms with Crippen molar-refractivity contribution >= 4 is 28.6 Å². The molecule has 1 aliphatic rings. The molecule has 1 amide bonds. The first-order valence-electron chi connectivity index (χ1n) is 7.81. The molecule has 0 spiro atoms. The lowest BCUT2D eigenvalue weighted by atomic mass is 9.98. The monoisotopic (exact) mass is 350 g/mol. The summed E-state index contributed by atoms with van der Waals surface area (Å²) in [6, 6.07) is 6.70. The van der Waals surface area contributed by atoms with E-state index in [1.54, 1.807) is 18.4 Å². The van der Waals surface area contributed by atoms with Crippen molar-refractivity contribution in [2.24, 2.45) is 0 Å². The normalized spacial score (nSPS) is 19.3. The number of rotatable bonds is 6. The SMILES string of the molecule is COCC(C)NC(=O)CN1CCc2sccc2C1c1cccs1. The average molecular weight is 351 g/mol. The molecule has 2 unspecified atom stereocenters. The number of carbonyl (C=O) groups excluding carboxylic acids is 1. The molecule has 1 N–H and O–H groups in total. The van der Waals surface area contributed by atoms with Crippen LogP contribution < -0.4 is 5.32 Å². The van der Waals surface area contributed by atoms with Gasteiger partial charge >= 0.3 is 0 Å². The van der Waals surface area contributed by atoms with Crippen molar-refractivity contribution in [3.8, 4) is 0 Å². The van der Waals surface area contributed by atoms with Crippen LogP contribution >= 0.6 is 22.7 Å². The van der Waals surface area contributed by atoms with E-state index >= 15 is 0 Å². The highest BCUT2D eigenvalue weighted by molar-refractivity contribution is 7.10. The summed E-state index contributed by atoms with van der Waals surface area (Å²) in [7, 11) is 1.65. The highest BCUT2D eigenvalue weighted by Gasteiger charge is 2.31. The van der Waals surface area contributed by atoms with Gasteiger partial charge in [0.15, 0.2) is 0 Å². The zero-order chi connectivity index (χ0) is 16.2. The van der Waals surface area contributed by atoms with Crippen molar-refractivity contribution < 1.29 is 9.53 Å². The molecule has 0 bridgehead atoms. The largest absolute Gasteiger partial charge is 0.383 e. The number of thiophene rings is 2. The van der Waals surface area contributed by atoms with Gasteiger partial charge in [0.25, 0.3) is 0 Å². The van der Waals surface area contributed by atoms with Crippen LogP contribution in [0.2, 0.25) is 0 Å². The molecule has 0 aromatic carbocycles. The maximum atomic E-state index is 12.4. The molecule has 0 fully saturated rings. The molecule has 124 valence electrons. The Morgan fingerprint density at radius 1 is 1.43 bits per heavy atom. The van der Waals surface area contributed by atoms with Crippen LogP contribution in [-0.2, 0) is 16.0 Å². The van der Waals surface area contributed by atoms with E-state index in [-0.39, 0.29) is 18.0 Å². The fourth-order valence-electron chi connectivity index (χ4n) is 3.12. The van der Waals surface area contributed by atoms with Crippen molar-refractivity contribution in [3.05, 3.63) is 44.3 Å². The van der Waals surface area contributed by atoms with E-state index in [9.17, 15) is 4.79 Å². The first-order valence-corrected chi connectivity index (χ1v) is 9.57. The summed E-state index contributed by atoms with van der Waals surface area (Å²) in [4.78, 5) is 17.4. The lowest BCUT2D eigenvalue weighted by Crippen LogP contribution is -2.45. The Morgan fingerprint density at radius 3 is 3.04 bits per heavy atom. The van der Waals surface area contributed by atoms with Crippen molar-refractivity contribution in [2.45, 2.75) is 25.4 Å². The van der Waals surface area contributed by atoms with Gasteiger partial charge in [0.05, 0.1) is 19.2 Å². The standard InChI is InChI=1S/C17H22N2O2S2/c1-12(11-21-2)18-16(20)10-19-7-5-14-13(6-9-23-14)17(19)15-4-3-8-22-15/h3-4,6,8-9,12,17H,5,7,10-11H2,1-2H3,(H,18,20). The van der Waals surface area contributed by atoms with Crippen LogP contribution in [0.4, 0.5) is 0 Å². The van der Waals surface area contributed by atoms with Gasteiger partial charge in [-0.3, -0.25) is 9.69 Å². The van der Waals surface area contributed by atoms with Gasteiger partial charge in [0.1, 0.15) is 0 Å². The third-order valence-electron chi connectivity index (χ3n) is 4.05. The Hall–Kier alpha value is -1.21. The Bertz CT molecular complexity index is 639. The summed E-state index contributed by atoms with van der Waals surface area (Å²) >= 11 is 3.59. The van der Waals surface area contributed by atoms with E-state index < -0.39 is 0 Å². The van der Waals surface area contributed by atoms with Crippen LogP contribution in [0.1, 0.15) is 28.3 Å². The van der Waals surface area contributed by atoms with Crippen molar-refractivity contribution in [2.75, 3.05) is 26.8 Å². The van der Waals surface area contributed by atoms with E-state index in [0.29, 0.717) is 13.2 Å². The van der Waals surface area contributed by atoms with E-state index in [0.717, 1.165) is 13.0 Å². The smallest absolute Gasteiger partial charge is 0.234 e. The predicted molar refractivity (Wildman–Crippen MR) is 95.2 cm³/mol. The fraction of sp³-hybridized carbons (Fsp3) is 0.471. The molecule has 6 heteroatoms. The number of hydrogen-bond acceptors (Lipinski definition) is 5. The topological polar surface area (TPSA) is 41.6 Å². The summed E-state index contributed by atoms with van der Waals surface area (Å²) in [6.45, 7) is 3.84. The number of hydrogen-bond donors (Lipinski definition) is 1. The minimum atomic E-state index is 0.0363. The van der Waals surface area contributed by atoms with Gasteiger partial charge in [-0.25, -0.2) is 0 Å². The highest BCUT2D eigenvalue weighted by Crippen LogP contribution is 2.39. The molecule has 2 atom stereocenters. The van der Waals surface area contributed by atoms with Gasteiger partial charge in [-0.1, -0.05) is 6.07 Å². The second-order valence-electron chi connectivity index (χ2n) is 5.86. The fourth-order valence-corrected chi connectivity index (χ4v) is 4.90. The molecule has 3 rings (SSSR count). The summed E-state index contributed by atoms with van der Waals surface area (Å²) in [6.07, 6.45) is 1.02. The number of methoxy groups -OCH3 is 1. The van der Waals surface area contributed by atoms with Crippen LogP contribution in [0.5, 0.6) is 0 Å². The number of nitrogens with one attached hydrogen (secondary N) is 1. The Morgan fingerprint density at radius 2 is 2.30 bits per heavy atom. The number of fused-ring (bicyclic) bond motifs is 1. The van der Waals surface area contributed by atoms with Gasteiger partial charge in [0, 0.05) is 29.5 Å². The van der Waals surface area contributed by atoms with Gasteiger partial charge in [0.2, 0.25) is 5.91 Å². The van der Waals surface area contributed by atoms with Crippen LogP contribution in [0.3, 0.4) is 0 Å². The molecule has 3 heterocycles. The molecule has 0 saturated heterocycles. The van der Waals surface area contributed by atoms with E-state index in [4.69, 9.17) is 4.74 Å². The summed E-state index contributed by atoms with van der Waals surface area (Å²) in [5, 5.41) is 7.28. The molecule has 23 heavy (non-hydrogen) atoms. The van der Waals surface area contributed by atoms with Crippen LogP contribution in [0, 0.1) is 0 Å². The molecule has 0 aliphatic carbocycles. The first-order chi connectivity index (χ1) is 11.2. The Balaban J connectivity index is 1.75. The van der Waals surface area contributed by atoms with E-state index in [2.05, 4.69) is 39.2 Å². The van der Waals surface area contributed by atoms with E-state index in [1.807, 2.05) is 18.3 Å². The number of amides is 1. The Kier molecular flexibility index (Phi) is 5.48. The molecule has 1 aliphatic heterocycles. The van der Waals surface area contributed by atoms with Crippen molar-refractivity contribution in [1.82, 2.24) is 10.2 Å². The Labute approximate surface area is 145 Å². The zero-order valence-corrected chi connectivity index (χ0v) is 15.1. The van der Waals surface area contributed by atoms with Crippen molar-refractivity contribution in [1.29, 1.82) is 0 Å². The van der Waals surface area contributed by atoms with Gasteiger partial charge in [-0.15, -0.1) is 22.7 Å². The lowest BCUT2D eigenvalue weighted by Gasteiger charge is -2.35. The maximum Gasteiger partial charge on any atom is 0.234 e. The minimum absolute atomic E-state index is 0.0363. The molecule has 0 saturated carbocycles. The molecular weight excluding hydrogens is 328 g/mol.